The molecule has 1 N–H and O–H groups in total. The van der Waals surface area contributed by atoms with Crippen LogP contribution in [-0.2, 0) is 16.0 Å². The molecule has 0 bridgehead atoms. The molecule has 6 heteroatoms. The van der Waals surface area contributed by atoms with Gasteiger partial charge in [-0.05, 0) is 19.3 Å². The lowest BCUT2D eigenvalue weighted by Gasteiger charge is -2.37. The van der Waals surface area contributed by atoms with Gasteiger partial charge in [0.2, 0.25) is 0 Å². The second-order valence-corrected chi connectivity index (χ2v) is 5.86. The second kappa shape index (κ2) is 5.60. The van der Waals surface area contributed by atoms with Crippen molar-refractivity contribution in [3.8, 4) is 0 Å². The number of amides is 1. The van der Waals surface area contributed by atoms with Crippen molar-refractivity contribution in [3.05, 3.63) is 17.5 Å². The lowest BCUT2D eigenvalue weighted by molar-refractivity contribution is -0.144. The van der Waals surface area contributed by atoms with Gasteiger partial charge in [-0.1, -0.05) is 13.3 Å². The first kappa shape index (κ1) is 14.3. The average molecular weight is 291 g/mol. The van der Waals surface area contributed by atoms with Gasteiger partial charge in [0.05, 0.1) is 18.3 Å². The summed E-state index contributed by atoms with van der Waals surface area (Å²) in [7, 11) is 0. The smallest absolute Gasteiger partial charge is 0.257 e. The molecule has 2 aliphatic rings. The Labute approximate surface area is 123 Å². The van der Waals surface area contributed by atoms with Gasteiger partial charge < -0.3 is 9.64 Å². The van der Waals surface area contributed by atoms with Crippen LogP contribution in [0.3, 0.4) is 0 Å². The third-order valence-electron chi connectivity index (χ3n) is 4.47. The molecule has 1 aromatic rings. The summed E-state index contributed by atoms with van der Waals surface area (Å²) in [5.74, 6) is -0.0615. The number of aryl methyl sites for hydroxylation is 1. The van der Waals surface area contributed by atoms with Crippen LogP contribution in [0.15, 0.2) is 6.20 Å². The predicted molar refractivity (Wildman–Crippen MR) is 76.0 cm³/mol. The first-order valence-corrected chi connectivity index (χ1v) is 7.65. The molecule has 2 aliphatic heterocycles. The molecule has 2 saturated heterocycles. The van der Waals surface area contributed by atoms with E-state index in [-0.39, 0.29) is 18.2 Å². The van der Waals surface area contributed by atoms with E-state index in [1.807, 2.05) is 0 Å². The van der Waals surface area contributed by atoms with Crippen LogP contribution in [-0.4, -0.2) is 52.1 Å². The molecule has 6 nitrogen and oxygen atoms in total. The van der Waals surface area contributed by atoms with E-state index in [1.165, 1.54) is 0 Å². The van der Waals surface area contributed by atoms with Crippen LogP contribution in [0.5, 0.6) is 0 Å². The van der Waals surface area contributed by atoms with E-state index in [1.54, 1.807) is 11.1 Å². The molecule has 0 unspecified atom stereocenters. The van der Waals surface area contributed by atoms with E-state index < -0.39 is 5.60 Å². The van der Waals surface area contributed by atoms with Crippen LogP contribution in [0.4, 0.5) is 0 Å². The Hall–Kier alpha value is -1.69. The fourth-order valence-corrected chi connectivity index (χ4v) is 3.25. The van der Waals surface area contributed by atoms with Crippen molar-refractivity contribution in [2.24, 2.45) is 0 Å². The van der Waals surface area contributed by atoms with E-state index >= 15 is 0 Å². The standard InChI is InChI=1S/C15H21N3O3/c1-2-4-12-11(9-16-17-12)14(20)18-7-6-15(13(19)10-18)5-3-8-21-15/h9H,2-8,10H2,1H3,(H,16,17)/t15-/m1/s1. The Morgan fingerprint density at radius 1 is 1.52 bits per heavy atom. The zero-order valence-electron chi connectivity index (χ0n) is 12.4. The number of aromatic nitrogens is 2. The number of nitrogens with one attached hydrogen (secondary N) is 1. The summed E-state index contributed by atoms with van der Waals surface area (Å²) in [4.78, 5) is 26.6. The maximum absolute atomic E-state index is 12.6. The molecule has 3 rings (SSSR count). The Morgan fingerprint density at radius 3 is 3.05 bits per heavy atom. The third-order valence-corrected chi connectivity index (χ3v) is 4.47. The largest absolute Gasteiger partial charge is 0.367 e. The maximum Gasteiger partial charge on any atom is 0.257 e. The summed E-state index contributed by atoms with van der Waals surface area (Å²) in [6, 6.07) is 0. The molecule has 1 spiro atoms. The number of piperidine rings is 1. The third kappa shape index (κ3) is 2.48. The molecule has 0 aliphatic carbocycles. The number of hydrogen-bond acceptors (Lipinski definition) is 4. The van der Waals surface area contributed by atoms with Crippen molar-refractivity contribution in [2.45, 2.75) is 44.6 Å². The fraction of sp³-hybridized carbons (Fsp3) is 0.667. The molecular formula is C15H21N3O3. The molecule has 0 aromatic carbocycles. The highest BCUT2D eigenvalue weighted by atomic mass is 16.5. The van der Waals surface area contributed by atoms with Crippen LogP contribution in [0.25, 0.3) is 0 Å². The highest BCUT2D eigenvalue weighted by Crippen LogP contribution is 2.33. The molecule has 3 heterocycles. The number of carbonyl (C=O) groups is 2. The topological polar surface area (TPSA) is 75.3 Å². The van der Waals surface area contributed by atoms with Crippen LogP contribution >= 0.6 is 0 Å². The van der Waals surface area contributed by atoms with Crippen LogP contribution in [0.2, 0.25) is 0 Å². The van der Waals surface area contributed by atoms with Gasteiger partial charge in [-0.15, -0.1) is 0 Å². The number of ketones is 1. The molecular weight excluding hydrogens is 270 g/mol. The lowest BCUT2D eigenvalue weighted by Crippen LogP contribution is -2.53. The Kier molecular flexibility index (Phi) is 3.80. The lowest BCUT2D eigenvalue weighted by atomic mass is 9.87. The maximum atomic E-state index is 12.6. The van der Waals surface area contributed by atoms with Gasteiger partial charge in [0, 0.05) is 25.3 Å². The zero-order valence-corrected chi connectivity index (χ0v) is 12.4. The number of H-pyrrole nitrogens is 1. The highest BCUT2D eigenvalue weighted by Gasteiger charge is 2.46. The number of carbonyl (C=O) groups excluding carboxylic acids is 2. The van der Waals surface area contributed by atoms with E-state index in [2.05, 4.69) is 17.1 Å². The van der Waals surface area contributed by atoms with E-state index in [4.69, 9.17) is 4.74 Å². The SMILES string of the molecule is CCCc1[nH]ncc1C(=O)N1CC[C@]2(CCCO2)C(=O)C1. The minimum Gasteiger partial charge on any atom is -0.367 e. The number of aromatic amines is 1. The molecule has 1 aromatic heterocycles. The predicted octanol–water partition coefficient (Wildman–Crippen LogP) is 1.33. The first-order valence-electron chi connectivity index (χ1n) is 7.65. The number of Topliss-reactive ketones (excluding diaryl/α,β-unsaturated/α-hetero) is 1. The average Bonchev–Trinajstić information content (AvgIpc) is 3.12. The Balaban J connectivity index is 1.72. The summed E-state index contributed by atoms with van der Waals surface area (Å²) >= 11 is 0. The summed E-state index contributed by atoms with van der Waals surface area (Å²) in [6.45, 7) is 3.43. The van der Waals surface area contributed by atoms with Crippen LogP contribution in [0.1, 0.15) is 48.7 Å². The van der Waals surface area contributed by atoms with Gasteiger partial charge in [-0.3, -0.25) is 14.7 Å². The normalized spacial score (nSPS) is 25.8. The van der Waals surface area contributed by atoms with Crippen LogP contribution in [0, 0.1) is 0 Å². The van der Waals surface area contributed by atoms with Gasteiger partial charge in [-0.25, -0.2) is 0 Å². The summed E-state index contributed by atoms with van der Waals surface area (Å²) < 4.78 is 5.67. The van der Waals surface area contributed by atoms with Gasteiger partial charge in [0.25, 0.3) is 5.91 Å². The van der Waals surface area contributed by atoms with Crippen molar-refractivity contribution >= 4 is 11.7 Å². The van der Waals surface area contributed by atoms with Gasteiger partial charge in [0.1, 0.15) is 5.60 Å². The van der Waals surface area contributed by atoms with Gasteiger partial charge in [-0.2, -0.15) is 5.10 Å². The minimum atomic E-state index is -0.612. The zero-order chi connectivity index (χ0) is 14.9. The van der Waals surface area contributed by atoms with Gasteiger partial charge >= 0.3 is 0 Å². The number of rotatable bonds is 3. The van der Waals surface area contributed by atoms with E-state index in [9.17, 15) is 9.59 Å². The number of likely N-dealkylation sites (tertiary alicyclic amines) is 1. The quantitative estimate of drug-likeness (QED) is 0.911. The molecule has 0 radical (unpaired) electrons. The van der Waals surface area contributed by atoms with Crippen molar-refractivity contribution in [1.82, 2.24) is 15.1 Å². The van der Waals surface area contributed by atoms with E-state index in [0.717, 1.165) is 31.4 Å². The van der Waals surface area contributed by atoms with Gasteiger partial charge in [0.15, 0.2) is 5.78 Å². The first-order chi connectivity index (χ1) is 10.2. The van der Waals surface area contributed by atoms with Crippen molar-refractivity contribution < 1.29 is 14.3 Å². The fourth-order valence-electron chi connectivity index (χ4n) is 3.25. The number of nitrogens with zero attached hydrogens (tertiary/aromatic N) is 2. The van der Waals surface area contributed by atoms with Crippen LogP contribution < -0.4 is 0 Å². The molecule has 1 atom stereocenters. The molecule has 114 valence electrons. The van der Waals surface area contributed by atoms with E-state index in [0.29, 0.717) is 25.1 Å². The Morgan fingerprint density at radius 2 is 2.38 bits per heavy atom. The Bertz CT molecular complexity index is 546. The molecule has 21 heavy (non-hydrogen) atoms. The molecule has 1 amide bonds. The summed E-state index contributed by atoms with van der Waals surface area (Å²) in [5.41, 5.74) is 0.833. The van der Waals surface area contributed by atoms with Crippen molar-refractivity contribution in [3.63, 3.8) is 0 Å². The summed E-state index contributed by atoms with van der Waals surface area (Å²) in [5, 5.41) is 6.84. The molecule has 2 fully saturated rings. The van der Waals surface area contributed by atoms with Crippen molar-refractivity contribution in [1.29, 1.82) is 0 Å². The second-order valence-electron chi connectivity index (χ2n) is 5.86. The van der Waals surface area contributed by atoms with Crippen molar-refractivity contribution in [2.75, 3.05) is 19.7 Å². The number of hydrogen-bond donors (Lipinski definition) is 1. The highest BCUT2D eigenvalue weighted by molar-refractivity contribution is 6.00. The summed E-state index contributed by atoms with van der Waals surface area (Å²) in [6.07, 6.45) is 5.63. The minimum absolute atomic E-state index is 0.0418. The monoisotopic (exact) mass is 291 g/mol. The molecule has 0 saturated carbocycles. The number of ether oxygens (including phenoxy) is 1.